The van der Waals surface area contributed by atoms with Gasteiger partial charge in [-0.2, -0.15) is 0 Å². The molecule has 1 heterocycles. The lowest BCUT2D eigenvalue weighted by atomic mass is 10.2. The summed E-state index contributed by atoms with van der Waals surface area (Å²) in [6.45, 7) is 0.211. The van der Waals surface area contributed by atoms with E-state index in [2.05, 4.69) is 9.72 Å². The molecule has 120 valence electrons. The Labute approximate surface area is 138 Å². The van der Waals surface area contributed by atoms with Crippen LogP contribution < -0.4 is 0 Å². The van der Waals surface area contributed by atoms with E-state index in [0.717, 1.165) is 12.8 Å². The Hall–Kier alpha value is -2.34. The van der Waals surface area contributed by atoms with E-state index in [1.54, 1.807) is 29.2 Å². The number of hydrogen-bond donors (Lipinski definition) is 0. The zero-order valence-electron chi connectivity index (χ0n) is 12.5. The van der Waals surface area contributed by atoms with Gasteiger partial charge in [-0.15, -0.1) is 0 Å². The van der Waals surface area contributed by atoms with Gasteiger partial charge in [0.25, 0.3) is 5.91 Å². The summed E-state index contributed by atoms with van der Waals surface area (Å²) in [6, 6.07) is 6.91. The first-order valence-electron chi connectivity index (χ1n) is 7.17. The van der Waals surface area contributed by atoms with Crippen LogP contribution in [0.25, 0.3) is 0 Å². The number of benzene rings is 1. The third-order valence-corrected chi connectivity index (χ3v) is 3.84. The Kier molecular flexibility index (Phi) is 4.34. The van der Waals surface area contributed by atoms with Crippen molar-refractivity contribution in [3.63, 3.8) is 0 Å². The Morgan fingerprint density at radius 1 is 1.35 bits per heavy atom. The molecule has 0 radical (unpaired) electrons. The minimum absolute atomic E-state index is 0.0946. The zero-order chi connectivity index (χ0) is 16.4. The number of ether oxygens (including phenoxy) is 1. The largest absolute Gasteiger partial charge is 0.464 e. The summed E-state index contributed by atoms with van der Waals surface area (Å²) in [5.74, 6) is -0.372. The van der Waals surface area contributed by atoms with Gasteiger partial charge in [-0.25, -0.2) is 9.78 Å². The molecule has 1 aromatic heterocycles. The number of aromatic nitrogens is 1. The van der Waals surface area contributed by atoms with Crippen LogP contribution in [0, 0.1) is 0 Å². The molecule has 1 amide bonds. The lowest BCUT2D eigenvalue weighted by Gasteiger charge is -2.20. The summed E-state index contributed by atoms with van der Waals surface area (Å²) in [6.07, 6.45) is 3.13. The number of methoxy groups -OCH3 is 1. The van der Waals surface area contributed by atoms with E-state index in [1.165, 1.54) is 13.4 Å². The normalized spacial score (nSPS) is 13.7. The molecular weight excluding hydrogens is 320 g/mol. The Bertz CT molecular complexity index is 722. The topological polar surface area (TPSA) is 72.6 Å². The van der Waals surface area contributed by atoms with Gasteiger partial charge >= 0.3 is 5.97 Å². The minimum atomic E-state index is -0.568. The lowest BCUT2D eigenvalue weighted by Crippen LogP contribution is -2.32. The summed E-state index contributed by atoms with van der Waals surface area (Å²) in [4.78, 5) is 29.8. The molecule has 23 heavy (non-hydrogen) atoms. The molecule has 0 saturated heterocycles. The van der Waals surface area contributed by atoms with Crippen LogP contribution in [0.4, 0.5) is 0 Å². The highest BCUT2D eigenvalue weighted by Gasteiger charge is 2.34. The first-order valence-corrected chi connectivity index (χ1v) is 7.55. The Morgan fingerprint density at radius 3 is 2.65 bits per heavy atom. The van der Waals surface area contributed by atoms with Crippen LogP contribution in [0.15, 0.2) is 34.9 Å². The maximum Gasteiger partial charge on any atom is 0.360 e. The second kappa shape index (κ2) is 6.42. The number of amides is 1. The first kappa shape index (κ1) is 15.6. The Morgan fingerprint density at radius 2 is 2.04 bits per heavy atom. The van der Waals surface area contributed by atoms with Gasteiger partial charge in [0.15, 0.2) is 5.69 Å². The SMILES string of the molecule is COC(=O)c1coc(CN(C(=O)c2ccc(Cl)cc2)C2CC2)n1. The summed E-state index contributed by atoms with van der Waals surface area (Å²) >= 11 is 5.85. The van der Waals surface area contributed by atoms with Gasteiger partial charge in [0.1, 0.15) is 6.26 Å². The summed E-state index contributed by atoms with van der Waals surface area (Å²) in [5, 5.41) is 0.579. The van der Waals surface area contributed by atoms with Crippen LogP contribution in [0.5, 0.6) is 0 Å². The van der Waals surface area contributed by atoms with Crippen molar-refractivity contribution in [2.24, 2.45) is 0 Å². The predicted molar refractivity (Wildman–Crippen MR) is 82.2 cm³/mol. The van der Waals surface area contributed by atoms with E-state index in [-0.39, 0.29) is 24.2 Å². The van der Waals surface area contributed by atoms with Gasteiger partial charge in [0.05, 0.1) is 13.7 Å². The van der Waals surface area contributed by atoms with Crippen molar-refractivity contribution in [1.29, 1.82) is 0 Å². The molecule has 1 saturated carbocycles. The fourth-order valence-electron chi connectivity index (χ4n) is 2.24. The number of oxazole rings is 1. The highest BCUT2D eigenvalue weighted by atomic mass is 35.5. The van der Waals surface area contributed by atoms with Crippen LogP contribution in [0.3, 0.4) is 0 Å². The number of halogens is 1. The number of carbonyl (C=O) groups is 2. The van der Waals surface area contributed by atoms with Gasteiger partial charge in [-0.1, -0.05) is 11.6 Å². The third kappa shape index (κ3) is 3.53. The second-order valence-corrected chi connectivity index (χ2v) is 5.73. The van der Waals surface area contributed by atoms with Gasteiger partial charge in [0, 0.05) is 16.6 Å². The van der Waals surface area contributed by atoms with Crippen LogP contribution in [0.2, 0.25) is 5.02 Å². The molecule has 1 fully saturated rings. The molecule has 0 unspecified atom stereocenters. The average molecular weight is 335 g/mol. The van der Waals surface area contributed by atoms with Gasteiger partial charge in [-0.05, 0) is 37.1 Å². The molecule has 0 spiro atoms. The van der Waals surface area contributed by atoms with Crippen LogP contribution >= 0.6 is 11.6 Å². The van der Waals surface area contributed by atoms with Gasteiger partial charge in [-0.3, -0.25) is 4.79 Å². The van der Waals surface area contributed by atoms with Crippen LogP contribution in [0.1, 0.15) is 39.6 Å². The van der Waals surface area contributed by atoms with Crippen molar-refractivity contribution in [3.8, 4) is 0 Å². The molecule has 1 aromatic carbocycles. The standard InChI is InChI=1S/C16H15ClN2O4/c1-22-16(21)13-9-23-14(18-13)8-19(12-6-7-12)15(20)10-2-4-11(17)5-3-10/h2-5,9,12H,6-8H2,1H3. The van der Waals surface area contributed by atoms with Crippen LogP contribution in [-0.4, -0.2) is 34.9 Å². The quantitative estimate of drug-likeness (QED) is 0.786. The van der Waals surface area contributed by atoms with Crippen molar-refractivity contribution in [2.45, 2.75) is 25.4 Å². The Balaban J connectivity index is 1.77. The van der Waals surface area contributed by atoms with Crippen molar-refractivity contribution >= 4 is 23.5 Å². The molecule has 6 nitrogen and oxygen atoms in total. The molecule has 7 heteroatoms. The predicted octanol–water partition coefficient (Wildman–Crippen LogP) is 2.92. The second-order valence-electron chi connectivity index (χ2n) is 5.29. The van der Waals surface area contributed by atoms with Crippen molar-refractivity contribution in [2.75, 3.05) is 7.11 Å². The highest BCUT2D eigenvalue weighted by Crippen LogP contribution is 2.30. The third-order valence-electron chi connectivity index (χ3n) is 3.59. The number of carbonyl (C=O) groups excluding carboxylic acids is 2. The monoisotopic (exact) mass is 334 g/mol. The van der Waals surface area contributed by atoms with Gasteiger partial charge in [0.2, 0.25) is 5.89 Å². The molecule has 0 N–H and O–H groups in total. The summed E-state index contributed by atoms with van der Waals surface area (Å²) in [5.41, 5.74) is 0.651. The van der Waals surface area contributed by atoms with E-state index in [4.69, 9.17) is 16.0 Å². The maximum absolute atomic E-state index is 12.7. The van der Waals surface area contributed by atoms with E-state index >= 15 is 0 Å². The number of esters is 1. The molecule has 0 atom stereocenters. The highest BCUT2D eigenvalue weighted by molar-refractivity contribution is 6.30. The molecule has 2 aromatic rings. The van der Waals surface area contributed by atoms with Crippen molar-refractivity contribution < 1.29 is 18.7 Å². The average Bonchev–Trinajstić information content (AvgIpc) is 3.30. The first-order chi connectivity index (χ1) is 11.1. The fraction of sp³-hybridized carbons (Fsp3) is 0.312. The number of nitrogens with zero attached hydrogens (tertiary/aromatic N) is 2. The summed E-state index contributed by atoms with van der Waals surface area (Å²) < 4.78 is 9.86. The molecule has 0 bridgehead atoms. The van der Waals surface area contributed by atoms with E-state index in [1.807, 2.05) is 0 Å². The zero-order valence-corrected chi connectivity index (χ0v) is 13.2. The molecule has 0 aliphatic heterocycles. The molecule has 1 aliphatic rings. The maximum atomic E-state index is 12.7. The lowest BCUT2D eigenvalue weighted by molar-refractivity contribution is 0.0594. The van der Waals surface area contributed by atoms with E-state index in [9.17, 15) is 9.59 Å². The van der Waals surface area contributed by atoms with Gasteiger partial charge < -0.3 is 14.1 Å². The van der Waals surface area contributed by atoms with E-state index in [0.29, 0.717) is 16.5 Å². The summed E-state index contributed by atoms with van der Waals surface area (Å²) in [7, 11) is 1.28. The van der Waals surface area contributed by atoms with Crippen molar-refractivity contribution in [3.05, 3.63) is 52.7 Å². The number of hydrogen-bond acceptors (Lipinski definition) is 5. The van der Waals surface area contributed by atoms with Crippen molar-refractivity contribution in [1.82, 2.24) is 9.88 Å². The smallest absolute Gasteiger partial charge is 0.360 e. The minimum Gasteiger partial charge on any atom is -0.464 e. The molecule has 3 rings (SSSR count). The number of rotatable bonds is 5. The molecular formula is C16H15ClN2O4. The van der Waals surface area contributed by atoms with Crippen LogP contribution in [-0.2, 0) is 11.3 Å². The van der Waals surface area contributed by atoms with E-state index < -0.39 is 5.97 Å². The fourth-order valence-corrected chi connectivity index (χ4v) is 2.36. The molecule has 1 aliphatic carbocycles.